The van der Waals surface area contributed by atoms with Crippen molar-refractivity contribution in [1.82, 2.24) is 10.3 Å². The Kier molecular flexibility index (Phi) is 5.30. The number of hydrogen-bond donors (Lipinski definition) is 1. The lowest BCUT2D eigenvalue weighted by Gasteiger charge is -2.29. The summed E-state index contributed by atoms with van der Waals surface area (Å²) in [5.41, 5.74) is 5.53. The van der Waals surface area contributed by atoms with Crippen LogP contribution < -0.4 is 5.43 Å². The molecule has 0 atom stereocenters. The topological polar surface area (TPSA) is 88.0 Å². The molecule has 29 heavy (non-hydrogen) atoms. The number of nitrogens with zero attached hydrogens (tertiary/aromatic N) is 2. The molecular formula is C22H27N3O4. The molecule has 0 aromatic carbocycles. The van der Waals surface area contributed by atoms with E-state index in [-0.39, 0.29) is 11.8 Å². The van der Waals surface area contributed by atoms with Crippen LogP contribution in [0.15, 0.2) is 26.3 Å². The van der Waals surface area contributed by atoms with E-state index in [0.717, 1.165) is 67.8 Å². The van der Waals surface area contributed by atoms with Crippen molar-refractivity contribution in [3.8, 4) is 0 Å². The molecule has 2 aliphatic rings. The molecule has 0 unspecified atom stereocenters. The van der Waals surface area contributed by atoms with Crippen LogP contribution in [0.2, 0.25) is 0 Å². The Morgan fingerprint density at radius 3 is 2.66 bits per heavy atom. The maximum Gasteiger partial charge on any atom is 0.289 e. The van der Waals surface area contributed by atoms with Crippen LogP contribution in [0.25, 0.3) is 0 Å². The first-order valence-corrected chi connectivity index (χ1v) is 10.3. The van der Waals surface area contributed by atoms with E-state index < -0.39 is 0 Å². The number of likely N-dealkylation sites (tertiary alicyclic amines) is 1. The molecule has 0 bridgehead atoms. The van der Waals surface area contributed by atoms with Gasteiger partial charge in [0.25, 0.3) is 11.8 Å². The Bertz CT molecular complexity index is 961. The molecule has 7 heteroatoms. The summed E-state index contributed by atoms with van der Waals surface area (Å²) >= 11 is 0. The number of fused-ring (bicyclic) bond motifs is 1. The van der Waals surface area contributed by atoms with E-state index in [1.54, 1.807) is 13.0 Å². The van der Waals surface area contributed by atoms with Crippen molar-refractivity contribution in [2.24, 2.45) is 11.0 Å². The monoisotopic (exact) mass is 397 g/mol. The van der Waals surface area contributed by atoms with E-state index in [9.17, 15) is 9.59 Å². The zero-order valence-corrected chi connectivity index (χ0v) is 17.2. The van der Waals surface area contributed by atoms with Crippen molar-refractivity contribution in [1.29, 1.82) is 0 Å². The Morgan fingerprint density at radius 2 is 1.97 bits per heavy atom. The maximum atomic E-state index is 13.0. The van der Waals surface area contributed by atoms with Gasteiger partial charge in [0.05, 0.1) is 17.5 Å². The summed E-state index contributed by atoms with van der Waals surface area (Å²) in [5, 5.41) is 4.37. The van der Waals surface area contributed by atoms with E-state index in [1.165, 1.54) is 6.26 Å². The third-order valence-corrected chi connectivity index (χ3v) is 5.99. The zero-order valence-electron chi connectivity index (χ0n) is 17.2. The molecule has 1 aliphatic heterocycles. The number of rotatable bonds is 3. The molecule has 4 rings (SSSR count). The number of hydrogen-bond acceptors (Lipinski definition) is 5. The highest BCUT2D eigenvalue weighted by atomic mass is 16.4. The number of carbonyl (C=O) groups is 2. The number of aryl methyl sites for hydroxylation is 2. The Balaban J connectivity index is 1.57. The van der Waals surface area contributed by atoms with Crippen molar-refractivity contribution in [3.05, 3.63) is 46.3 Å². The second kappa shape index (κ2) is 7.89. The normalized spacial score (nSPS) is 18.7. The lowest BCUT2D eigenvalue weighted by atomic mass is 9.93. The van der Waals surface area contributed by atoms with Crippen LogP contribution in [0.1, 0.15) is 76.2 Å². The minimum atomic E-state index is -0.309. The van der Waals surface area contributed by atoms with Gasteiger partial charge in [0.15, 0.2) is 5.76 Å². The SMILES string of the molecule is Cc1occc1C(=O)N/N=C1\CCCc2oc(C(=O)N3CCC(C)CC3)c(C)c21. The molecule has 2 aromatic heterocycles. The fourth-order valence-electron chi connectivity index (χ4n) is 4.14. The van der Waals surface area contributed by atoms with Crippen LogP contribution >= 0.6 is 0 Å². The van der Waals surface area contributed by atoms with Crippen LogP contribution in [0, 0.1) is 19.8 Å². The van der Waals surface area contributed by atoms with Gasteiger partial charge in [-0.05, 0) is 51.5 Å². The number of nitrogens with one attached hydrogen (secondary N) is 1. The third-order valence-electron chi connectivity index (χ3n) is 5.99. The average Bonchev–Trinajstić information content (AvgIpc) is 3.30. The second-order valence-electron chi connectivity index (χ2n) is 8.07. The Morgan fingerprint density at radius 1 is 1.21 bits per heavy atom. The number of amides is 2. The predicted molar refractivity (Wildman–Crippen MR) is 108 cm³/mol. The van der Waals surface area contributed by atoms with Crippen LogP contribution in [0.5, 0.6) is 0 Å². The Labute approximate surface area is 170 Å². The summed E-state index contributed by atoms with van der Waals surface area (Å²) in [7, 11) is 0. The lowest BCUT2D eigenvalue weighted by molar-refractivity contribution is 0.0662. The van der Waals surface area contributed by atoms with E-state index in [4.69, 9.17) is 8.83 Å². The first-order valence-electron chi connectivity index (χ1n) is 10.3. The van der Waals surface area contributed by atoms with Crippen LogP contribution in [-0.4, -0.2) is 35.5 Å². The minimum Gasteiger partial charge on any atom is -0.469 e. The molecular weight excluding hydrogens is 370 g/mol. The molecule has 2 aromatic rings. The van der Waals surface area contributed by atoms with Gasteiger partial charge in [0.1, 0.15) is 11.5 Å². The highest BCUT2D eigenvalue weighted by Gasteiger charge is 2.31. The molecule has 2 amide bonds. The largest absolute Gasteiger partial charge is 0.469 e. The van der Waals surface area contributed by atoms with E-state index in [1.807, 2.05) is 11.8 Å². The zero-order chi connectivity index (χ0) is 20.5. The van der Waals surface area contributed by atoms with Gasteiger partial charge in [-0.1, -0.05) is 6.92 Å². The highest BCUT2D eigenvalue weighted by molar-refractivity contribution is 6.07. The summed E-state index contributed by atoms with van der Waals surface area (Å²) in [6.45, 7) is 7.41. The fourth-order valence-corrected chi connectivity index (χ4v) is 4.14. The summed E-state index contributed by atoms with van der Waals surface area (Å²) in [6.07, 6.45) is 5.90. The molecule has 0 spiro atoms. The van der Waals surface area contributed by atoms with Gasteiger partial charge < -0.3 is 13.7 Å². The lowest BCUT2D eigenvalue weighted by Crippen LogP contribution is -2.38. The van der Waals surface area contributed by atoms with Gasteiger partial charge in [-0.2, -0.15) is 5.10 Å². The van der Waals surface area contributed by atoms with Gasteiger partial charge in [-0.25, -0.2) is 5.43 Å². The quantitative estimate of drug-likeness (QED) is 0.797. The summed E-state index contributed by atoms with van der Waals surface area (Å²) < 4.78 is 11.2. The number of piperidine rings is 1. The van der Waals surface area contributed by atoms with Crippen molar-refractivity contribution in [3.63, 3.8) is 0 Å². The second-order valence-corrected chi connectivity index (χ2v) is 8.07. The van der Waals surface area contributed by atoms with Crippen LogP contribution in [-0.2, 0) is 6.42 Å². The molecule has 1 aliphatic carbocycles. The Hall–Kier alpha value is -2.83. The van der Waals surface area contributed by atoms with Gasteiger partial charge >= 0.3 is 0 Å². The predicted octanol–water partition coefficient (Wildman–Crippen LogP) is 3.83. The smallest absolute Gasteiger partial charge is 0.289 e. The van der Waals surface area contributed by atoms with Gasteiger partial charge in [0.2, 0.25) is 0 Å². The molecule has 1 fully saturated rings. The number of carbonyl (C=O) groups excluding carboxylic acids is 2. The first-order chi connectivity index (χ1) is 14.0. The standard InChI is InChI=1S/C22H27N3O4/c1-13-7-10-25(11-8-13)22(27)20-14(2)19-17(5-4-6-18(19)29-20)23-24-21(26)16-9-12-28-15(16)3/h9,12-13H,4-8,10-11H2,1-3H3,(H,24,26)/b23-17+. The summed E-state index contributed by atoms with van der Waals surface area (Å²) in [5.74, 6) is 2.06. The van der Waals surface area contributed by atoms with Crippen molar-refractivity contribution >= 4 is 17.5 Å². The molecule has 154 valence electrons. The first kappa shape index (κ1) is 19.5. The molecule has 0 radical (unpaired) electrons. The summed E-state index contributed by atoms with van der Waals surface area (Å²) in [4.78, 5) is 27.3. The minimum absolute atomic E-state index is 0.0405. The summed E-state index contributed by atoms with van der Waals surface area (Å²) in [6, 6.07) is 1.62. The number of furan rings is 2. The molecule has 1 N–H and O–H groups in total. The highest BCUT2D eigenvalue weighted by Crippen LogP contribution is 2.31. The fraction of sp³-hybridized carbons (Fsp3) is 0.500. The van der Waals surface area contributed by atoms with Gasteiger partial charge in [0, 0.05) is 30.6 Å². The molecule has 3 heterocycles. The van der Waals surface area contributed by atoms with E-state index >= 15 is 0 Å². The van der Waals surface area contributed by atoms with Gasteiger partial charge in [-0.15, -0.1) is 0 Å². The average molecular weight is 397 g/mol. The number of hydrazone groups is 1. The van der Waals surface area contributed by atoms with Crippen molar-refractivity contribution in [2.45, 2.75) is 52.9 Å². The maximum absolute atomic E-state index is 13.0. The van der Waals surface area contributed by atoms with Crippen LogP contribution in [0.4, 0.5) is 0 Å². The molecule has 7 nitrogen and oxygen atoms in total. The molecule has 0 saturated carbocycles. The van der Waals surface area contributed by atoms with Gasteiger partial charge in [-0.3, -0.25) is 9.59 Å². The van der Waals surface area contributed by atoms with Crippen LogP contribution in [0.3, 0.4) is 0 Å². The molecule has 1 saturated heterocycles. The van der Waals surface area contributed by atoms with Crippen molar-refractivity contribution < 1.29 is 18.4 Å². The van der Waals surface area contributed by atoms with E-state index in [2.05, 4.69) is 17.5 Å². The van der Waals surface area contributed by atoms with Crippen molar-refractivity contribution in [2.75, 3.05) is 13.1 Å². The third kappa shape index (κ3) is 3.73. The van der Waals surface area contributed by atoms with E-state index in [0.29, 0.717) is 23.0 Å².